The molecule has 0 rings (SSSR count). The molecule has 0 amide bonds. The van der Waals surface area contributed by atoms with Crippen LogP contribution in [-0.2, 0) is 6.21 Å². The summed E-state index contributed by atoms with van der Waals surface area (Å²) in [7, 11) is 0. The number of hydrogen-bond acceptors (Lipinski definition) is 4. The maximum absolute atomic E-state index is 8.63. The summed E-state index contributed by atoms with van der Waals surface area (Å²) in [5, 5.41) is 0. The van der Waals surface area contributed by atoms with Gasteiger partial charge in [0.15, 0.2) is 0 Å². The van der Waals surface area contributed by atoms with Crippen LogP contribution in [0.3, 0.4) is 0 Å². The molecule has 32 valence electrons. The minimum absolute atomic E-state index is 0. The third-order valence-electron chi connectivity index (χ3n) is 0. The summed E-state index contributed by atoms with van der Waals surface area (Å²) in [6.07, 6.45) is 0. The fourth-order valence-corrected chi connectivity index (χ4v) is 0. The largest absolute Gasteiger partial charge is 2.00 e. The second-order valence-corrected chi connectivity index (χ2v) is 2.74. The van der Waals surface area contributed by atoms with E-state index in [1.54, 1.807) is 0 Å². The molecule has 0 spiro atoms. The van der Waals surface area contributed by atoms with Gasteiger partial charge in [0, 0.05) is 0 Å². The van der Waals surface area contributed by atoms with E-state index in [4.69, 9.17) is 13.2 Å². The van der Waals surface area contributed by atoms with Gasteiger partial charge in [-0.1, -0.05) is 0 Å². The first-order valence-electron chi connectivity index (χ1n) is 0.667. The van der Waals surface area contributed by atoms with Gasteiger partial charge in [-0.05, 0) is 0 Å². The van der Waals surface area contributed by atoms with E-state index in [0.29, 0.717) is 0 Å². The molecular weight excluding hydrogens is 216 g/mol. The molecule has 0 saturated carbocycles. The monoisotopic (exact) mass is 218 g/mol. The van der Waals surface area contributed by atoms with Crippen molar-refractivity contribution in [1.29, 1.82) is 0 Å². The van der Waals surface area contributed by atoms with Gasteiger partial charge in [-0.2, -0.15) is 0 Å². The molecule has 0 unspecified atom stereocenters. The fourth-order valence-electron chi connectivity index (χ4n) is 0. The van der Waals surface area contributed by atoms with Crippen LogP contribution in [0, 0.1) is 0 Å². The predicted octanol–water partition coefficient (Wildman–Crippen LogP) is -3.38. The van der Waals surface area contributed by atoms with E-state index >= 15 is 0 Å². The average Bonchev–Trinajstić information content (AvgIpc) is 0.722. The van der Waals surface area contributed by atoms with Crippen LogP contribution in [0.1, 0.15) is 0 Å². The third kappa shape index (κ3) is 72.9. The van der Waals surface area contributed by atoms with Gasteiger partial charge in [0.25, 0.3) is 0 Å². The molecule has 0 aliphatic heterocycles. The molecule has 0 N–H and O–H groups in total. The van der Waals surface area contributed by atoms with Crippen molar-refractivity contribution in [2.45, 2.75) is 0 Å². The molecule has 0 fully saturated rings. The van der Waals surface area contributed by atoms with Gasteiger partial charge in [0.1, 0.15) is 0 Å². The second kappa shape index (κ2) is 3.13. The van der Waals surface area contributed by atoms with Crippen LogP contribution in [0.15, 0.2) is 0 Å². The molecule has 0 bridgehead atoms. The van der Waals surface area contributed by atoms with E-state index in [9.17, 15) is 0 Å². The Balaban J connectivity index is 0. The van der Waals surface area contributed by atoms with E-state index < -0.39 is 19.0 Å². The minimum atomic E-state index is -6.02. The molecule has 0 aromatic carbocycles. The first kappa shape index (κ1) is 10.1. The summed E-state index contributed by atoms with van der Waals surface area (Å²) in [5.41, 5.74) is 0. The van der Waals surface area contributed by atoms with Crippen molar-refractivity contribution < 1.29 is 13.2 Å². The van der Waals surface area contributed by atoms with Crippen molar-refractivity contribution in [3.63, 3.8) is 0 Å². The van der Waals surface area contributed by atoms with Gasteiger partial charge in [-0.25, -0.2) is 0 Å². The second-order valence-electron chi connectivity index (χ2n) is 0.408. The summed E-state index contributed by atoms with van der Waals surface area (Å²) >= 11 is -6.02. The van der Waals surface area contributed by atoms with Crippen LogP contribution in [0.5, 0.6) is 0 Å². The van der Waals surface area contributed by atoms with Crippen molar-refractivity contribution in [3.8, 4) is 0 Å². The molecule has 0 heterocycles. The van der Waals surface area contributed by atoms with Gasteiger partial charge >= 0.3 is 55.2 Å². The van der Waals surface area contributed by atoms with Crippen LogP contribution in [0.25, 0.3) is 0 Å². The third-order valence-corrected chi connectivity index (χ3v) is 0. The minimum Gasteiger partial charge on any atom is 2.00 e. The maximum Gasteiger partial charge on any atom is 2.00 e. The standard InChI is InChI=1S/Mg.H2O4Te/c;1-5(2,3)4/h;(H2,1,2,3,4)/q+2;/p-2. The molecule has 0 aliphatic carbocycles. The van der Waals surface area contributed by atoms with E-state index in [0.717, 1.165) is 0 Å². The molecule has 0 aliphatic rings. The molecule has 0 aromatic heterocycles. The molecule has 6 heavy (non-hydrogen) atoms. The molecule has 0 aromatic rings. The van der Waals surface area contributed by atoms with Gasteiger partial charge < -0.3 is 0 Å². The average molecular weight is 216 g/mol. The Kier molecular flexibility index (Phi) is 5.28. The smallest absolute Gasteiger partial charge is 2.00 e. The topological polar surface area (TPSA) is 80.3 Å². The Morgan fingerprint density at radius 1 is 1.17 bits per heavy atom. The summed E-state index contributed by atoms with van der Waals surface area (Å²) in [6, 6.07) is 0. The quantitative estimate of drug-likeness (QED) is 0.395. The van der Waals surface area contributed by atoms with Crippen molar-refractivity contribution in [3.05, 3.63) is 0 Å². The Labute approximate surface area is 55.0 Å². The molecular formula is MgO4Te. The molecule has 0 saturated heterocycles. The van der Waals surface area contributed by atoms with Crippen LogP contribution < -0.4 is 6.94 Å². The maximum atomic E-state index is 8.63. The van der Waals surface area contributed by atoms with E-state index in [1.807, 2.05) is 0 Å². The van der Waals surface area contributed by atoms with Crippen molar-refractivity contribution in [2.75, 3.05) is 0 Å². The van der Waals surface area contributed by atoms with Gasteiger partial charge in [-0.3, -0.25) is 0 Å². The van der Waals surface area contributed by atoms with Crippen molar-refractivity contribution in [2.24, 2.45) is 0 Å². The van der Waals surface area contributed by atoms with E-state index in [-0.39, 0.29) is 23.1 Å². The Bertz CT molecular complexity index is 90.7. The van der Waals surface area contributed by atoms with Crippen molar-refractivity contribution in [1.82, 2.24) is 0 Å². The first-order chi connectivity index (χ1) is 2.00. The van der Waals surface area contributed by atoms with Crippen LogP contribution in [0.2, 0.25) is 0 Å². The summed E-state index contributed by atoms with van der Waals surface area (Å²) < 4.78 is 34.5. The zero-order chi connectivity index (χ0) is 4.50. The summed E-state index contributed by atoms with van der Waals surface area (Å²) in [5.74, 6) is 0. The van der Waals surface area contributed by atoms with Crippen LogP contribution in [-0.4, -0.2) is 42.0 Å². The zero-order valence-corrected chi connectivity index (χ0v) is 6.49. The first-order valence-corrected chi connectivity index (χ1v) is 4.47. The SMILES string of the molecule is O=[Te](=O)([O-])[O-].[Mg+2]. The van der Waals surface area contributed by atoms with Gasteiger partial charge in [-0.15, -0.1) is 0 Å². The van der Waals surface area contributed by atoms with Gasteiger partial charge in [0.2, 0.25) is 0 Å². The zero-order valence-electron chi connectivity index (χ0n) is 2.75. The number of rotatable bonds is 0. The molecule has 0 atom stereocenters. The van der Waals surface area contributed by atoms with E-state index in [1.165, 1.54) is 0 Å². The van der Waals surface area contributed by atoms with Gasteiger partial charge in [0.05, 0.1) is 0 Å². The Morgan fingerprint density at radius 2 is 1.17 bits per heavy atom. The van der Waals surface area contributed by atoms with Crippen LogP contribution in [0.4, 0.5) is 0 Å². The predicted molar refractivity (Wildman–Crippen MR) is 12.9 cm³/mol. The fraction of sp³-hybridized carbons (Fsp3) is 0. The molecule has 0 radical (unpaired) electrons. The Hall–Kier alpha value is 1.08. The number of hydrogen-bond donors (Lipinski definition) is 0. The van der Waals surface area contributed by atoms with E-state index in [2.05, 4.69) is 0 Å². The summed E-state index contributed by atoms with van der Waals surface area (Å²) in [4.78, 5) is 0. The Morgan fingerprint density at radius 3 is 1.17 bits per heavy atom. The summed E-state index contributed by atoms with van der Waals surface area (Å²) in [6.45, 7) is 0. The normalized spacial score (nSPS) is 9.67. The van der Waals surface area contributed by atoms with Crippen LogP contribution >= 0.6 is 0 Å². The molecule has 4 nitrogen and oxygen atoms in total. The molecule has 6 heteroatoms. The van der Waals surface area contributed by atoms with Crippen molar-refractivity contribution >= 4 is 42.0 Å².